The van der Waals surface area contributed by atoms with E-state index in [0.717, 1.165) is 0 Å². The number of hydrogen-bond acceptors (Lipinski definition) is 1. The minimum absolute atomic E-state index is 0. The van der Waals surface area contributed by atoms with E-state index in [9.17, 15) is 0 Å². The van der Waals surface area contributed by atoms with Crippen molar-refractivity contribution in [1.29, 1.82) is 0 Å². The van der Waals surface area contributed by atoms with Gasteiger partial charge >= 0.3 is 0 Å². The second-order valence-corrected chi connectivity index (χ2v) is 3.60. The van der Waals surface area contributed by atoms with E-state index in [-0.39, 0.29) is 40.1 Å². The average Bonchev–Trinajstić information content (AvgIpc) is 2.17. The standard InChI is InChI=1S/C12H13N.CH3.Y/c1-9(2)12-8-13-7-10-5-3-4-6-11(10)12;;/h3-9H,1-2H3;1H3;/q;-1;. The van der Waals surface area contributed by atoms with Crippen LogP contribution in [0, 0.1) is 7.43 Å². The van der Waals surface area contributed by atoms with Crippen LogP contribution in [0.1, 0.15) is 25.3 Å². The SMILES string of the molecule is CC(C)c1cncc2ccccc12.[CH3-].[Y]. The Labute approximate surface area is 117 Å². The summed E-state index contributed by atoms with van der Waals surface area (Å²) in [6.07, 6.45) is 3.88. The van der Waals surface area contributed by atoms with Crippen molar-refractivity contribution in [3.05, 3.63) is 49.6 Å². The van der Waals surface area contributed by atoms with Crippen molar-refractivity contribution in [3.63, 3.8) is 0 Å². The molecule has 15 heavy (non-hydrogen) atoms. The van der Waals surface area contributed by atoms with Crippen molar-refractivity contribution in [1.82, 2.24) is 4.98 Å². The molecule has 1 aromatic heterocycles. The Hall–Kier alpha value is -0.266. The zero-order valence-corrected chi connectivity index (χ0v) is 12.4. The molecule has 2 rings (SSSR count). The minimum atomic E-state index is 0. The Kier molecular flexibility index (Phi) is 6.23. The summed E-state index contributed by atoms with van der Waals surface area (Å²) in [5, 5.41) is 2.56. The van der Waals surface area contributed by atoms with E-state index in [1.807, 2.05) is 18.5 Å². The maximum absolute atomic E-state index is 4.23. The Balaban J connectivity index is 0.000000980. The third kappa shape index (κ3) is 3.09. The monoisotopic (exact) mass is 275 g/mol. The van der Waals surface area contributed by atoms with Gasteiger partial charge in [0, 0.05) is 50.5 Å². The van der Waals surface area contributed by atoms with Crippen LogP contribution in [0.5, 0.6) is 0 Å². The summed E-state index contributed by atoms with van der Waals surface area (Å²) in [5.41, 5.74) is 1.33. The number of hydrogen-bond donors (Lipinski definition) is 0. The molecule has 0 spiro atoms. The molecule has 0 N–H and O–H groups in total. The van der Waals surface area contributed by atoms with Crippen molar-refractivity contribution in [2.75, 3.05) is 0 Å². The third-order valence-corrected chi connectivity index (χ3v) is 2.32. The van der Waals surface area contributed by atoms with E-state index in [4.69, 9.17) is 0 Å². The van der Waals surface area contributed by atoms with E-state index < -0.39 is 0 Å². The van der Waals surface area contributed by atoms with E-state index in [0.29, 0.717) is 5.92 Å². The van der Waals surface area contributed by atoms with Gasteiger partial charge in [0.05, 0.1) is 0 Å². The van der Waals surface area contributed by atoms with Gasteiger partial charge in [0.15, 0.2) is 0 Å². The van der Waals surface area contributed by atoms with Gasteiger partial charge in [-0.1, -0.05) is 38.1 Å². The molecule has 0 saturated heterocycles. The fraction of sp³-hybridized carbons (Fsp3) is 0.231. The predicted molar refractivity (Wildman–Crippen MR) is 62.2 cm³/mol. The first-order valence-corrected chi connectivity index (χ1v) is 4.61. The molecule has 0 bridgehead atoms. The Morgan fingerprint density at radius 2 is 1.73 bits per heavy atom. The molecule has 0 aliphatic carbocycles. The van der Waals surface area contributed by atoms with Crippen LogP contribution in [0.2, 0.25) is 0 Å². The van der Waals surface area contributed by atoms with Crippen molar-refractivity contribution in [2.24, 2.45) is 0 Å². The van der Waals surface area contributed by atoms with Crippen LogP contribution in [0.4, 0.5) is 0 Å². The first-order chi connectivity index (χ1) is 6.29. The molecule has 0 amide bonds. The predicted octanol–water partition coefficient (Wildman–Crippen LogP) is 3.81. The maximum atomic E-state index is 4.23. The molecular weight excluding hydrogens is 259 g/mol. The quantitative estimate of drug-likeness (QED) is 0.721. The van der Waals surface area contributed by atoms with E-state index >= 15 is 0 Å². The number of pyridine rings is 1. The van der Waals surface area contributed by atoms with Crippen molar-refractivity contribution in [2.45, 2.75) is 19.8 Å². The second-order valence-electron chi connectivity index (χ2n) is 3.60. The molecule has 2 aromatic rings. The largest absolute Gasteiger partial charge is 0.358 e. The number of aromatic nitrogens is 1. The summed E-state index contributed by atoms with van der Waals surface area (Å²) in [4.78, 5) is 4.23. The first kappa shape index (κ1) is 14.7. The van der Waals surface area contributed by atoms with Gasteiger partial charge in [0.25, 0.3) is 0 Å². The molecule has 0 unspecified atom stereocenters. The summed E-state index contributed by atoms with van der Waals surface area (Å²) in [7, 11) is 0. The van der Waals surface area contributed by atoms with Crippen LogP contribution in [-0.2, 0) is 32.7 Å². The second kappa shape index (κ2) is 6.35. The first-order valence-electron chi connectivity index (χ1n) is 4.61. The van der Waals surface area contributed by atoms with Gasteiger partial charge in [-0.25, -0.2) is 0 Å². The molecule has 2 heteroatoms. The molecule has 0 aliphatic rings. The summed E-state index contributed by atoms with van der Waals surface area (Å²) >= 11 is 0. The fourth-order valence-electron chi connectivity index (χ4n) is 1.60. The smallest absolute Gasteiger partial charge is 0.0346 e. The molecule has 1 aromatic carbocycles. The van der Waals surface area contributed by atoms with Crippen molar-refractivity contribution < 1.29 is 32.7 Å². The Bertz CT molecular complexity index is 418. The van der Waals surface area contributed by atoms with E-state index in [1.54, 1.807) is 0 Å². The number of fused-ring (bicyclic) bond motifs is 1. The van der Waals surface area contributed by atoms with Crippen molar-refractivity contribution in [3.8, 4) is 0 Å². The van der Waals surface area contributed by atoms with Gasteiger partial charge in [0.2, 0.25) is 0 Å². The molecule has 1 radical (unpaired) electrons. The van der Waals surface area contributed by atoms with Crippen LogP contribution in [-0.4, -0.2) is 4.98 Å². The molecular formula is C13H16NY-. The zero-order valence-electron chi connectivity index (χ0n) is 9.57. The Morgan fingerprint density at radius 3 is 2.40 bits per heavy atom. The normalized spacial score (nSPS) is 9.53. The van der Waals surface area contributed by atoms with Crippen LogP contribution in [0.15, 0.2) is 36.7 Å². The van der Waals surface area contributed by atoms with E-state index in [1.165, 1.54) is 16.3 Å². The van der Waals surface area contributed by atoms with Gasteiger partial charge < -0.3 is 7.43 Å². The number of nitrogens with zero attached hydrogens (tertiary/aromatic N) is 1. The molecule has 0 fully saturated rings. The summed E-state index contributed by atoms with van der Waals surface area (Å²) < 4.78 is 0. The van der Waals surface area contributed by atoms with Gasteiger partial charge in [0.1, 0.15) is 0 Å². The third-order valence-electron chi connectivity index (χ3n) is 2.32. The zero-order chi connectivity index (χ0) is 9.26. The Morgan fingerprint density at radius 1 is 1.07 bits per heavy atom. The molecule has 0 saturated carbocycles. The van der Waals surface area contributed by atoms with Gasteiger partial charge in [-0.15, -0.1) is 0 Å². The van der Waals surface area contributed by atoms with Crippen LogP contribution < -0.4 is 0 Å². The van der Waals surface area contributed by atoms with Gasteiger partial charge in [-0.3, -0.25) is 4.98 Å². The molecule has 0 atom stereocenters. The van der Waals surface area contributed by atoms with Crippen LogP contribution in [0.3, 0.4) is 0 Å². The molecule has 1 heterocycles. The molecule has 0 aliphatic heterocycles. The fourth-order valence-corrected chi connectivity index (χ4v) is 1.60. The summed E-state index contributed by atoms with van der Waals surface area (Å²) in [5.74, 6) is 0.540. The van der Waals surface area contributed by atoms with Crippen molar-refractivity contribution >= 4 is 10.8 Å². The topological polar surface area (TPSA) is 12.9 Å². The van der Waals surface area contributed by atoms with Crippen LogP contribution in [0.25, 0.3) is 10.8 Å². The summed E-state index contributed by atoms with van der Waals surface area (Å²) in [6, 6.07) is 8.39. The molecule has 77 valence electrons. The molecule has 1 nitrogen and oxygen atoms in total. The van der Waals surface area contributed by atoms with Crippen LogP contribution >= 0.6 is 0 Å². The number of rotatable bonds is 1. The maximum Gasteiger partial charge on any atom is 0.0346 e. The number of benzene rings is 1. The van der Waals surface area contributed by atoms with Gasteiger partial charge in [-0.05, 0) is 16.9 Å². The van der Waals surface area contributed by atoms with E-state index in [2.05, 4.69) is 37.0 Å². The van der Waals surface area contributed by atoms with Gasteiger partial charge in [-0.2, -0.15) is 0 Å². The minimum Gasteiger partial charge on any atom is -0.358 e. The summed E-state index contributed by atoms with van der Waals surface area (Å²) in [6.45, 7) is 4.40. The average molecular weight is 275 g/mol.